The average molecular weight is 208 g/mol. The van der Waals surface area contributed by atoms with E-state index in [-0.39, 0.29) is 0 Å². The van der Waals surface area contributed by atoms with Crippen molar-refractivity contribution < 1.29 is 14.3 Å². The third-order valence-corrected chi connectivity index (χ3v) is 2.90. The number of benzene rings is 1. The van der Waals surface area contributed by atoms with E-state index in [1.807, 2.05) is 30.3 Å². The number of nitrogens with zero attached hydrogens (tertiary/aromatic N) is 1. The van der Waals surface area contributed by atoms with E-state index in [2.05, 4.69) is 14.1 Å². The highest BCUT2D eigenvalue weighted by Gasteiger charge is 2.41. The van der Waals surface area contributed by atoms with Gasteiger partial charge in [-0.05, 0) is 0 Å². The second-order valence-corrected chi connectivity index (χ2v) is 4.82. The van der Waals surface area contributed by atoms with Gasteiger partial charge in [0.05, 0.1) is 20.7 Å². The van der Waals surface area contributed by atoms with Crippen molar-refractivity contribution in [3.63, 3.8) is 0 Å². The van der Waals surface area contributed by atoms with E-state index in [1.165, 1.54) is 0 Å². The van der Waals surface area contributed by atoms with Crippen molar-refractivity contribution in [2.24, 2.45) is 0 Å². The lowest BCUT2D eigenvalue weighted by Crippen LogP contribution is -2.57. The van der Waals surface area contributed by atoms with Gasteiger partial charge in [0.15, 0.2) is 0 Å². The Labute approximate surface area is 90.5 Å². The zero-order valence-corrected chi connectivity index (χ0v) is 9.31. The summed E-state index contributed by atoms with van der Waals surface area (Å²) in [6.45, 7) is 2.13. The Kier molecular flexibility index (Phi) is 2.54. The van der Waals surface area contributed by atoms with Gasteiger partial charge in [0.2, 0.25) is 5.79 Å². The van der Waals surface area contributed by atoms with Crippen LogP contribution in [0.25, 0.3) is 0 Å². The maximum Gasteiger partial charge on any atom is 0.243 e. The lowest BCUT2D eigenvalue weighted by atomic mass is 10.0. The van der Waals surface area contributed by atoms with Crippen molar-refractivity contribution in [2.45, 2.75) is 5.79 Å². The Morgan fingerprint density at radius 1 is 1.27 bits per heavy atom. The molecule has 1 atom stereocenters. The molecule has 0 amide bonds. The number of hydrogen-bond donors (Lipinski definition) is 1. The maximum absolute atomic E-state index is 10.4. The molecule has 0 aromatic heterocycles. The highest BCUT2D eigenvalue weighted by molar-refractivity contribution is 5.20. The molecular weight excluding hydrogens is 190 g/mol. The van der Waals surface area contributed by atoms with Crippen LogP contribution in [-0.4, -0.2) is 43.4 Å². The number of aliphatic hydroxyl groups is 1. The molecule has 1 N–H and O–H groups in total. The van der Waals surface area contributed by atoms with Gasteiger partial charge in [-0.1, -0.05) is 30.3 Å². The van der Waals surface area contributed by atoms with Gasteiger partial charge in [-0.3, -0.25) is 0 Å². The maximum atomic E-state index is 10.4. The van der Waals surface area contributed by atoms with Gasteiger partial charge in [-0.2, -0.15) is 0 Å². The first kappa shape index (κ1) is 10.6. The first-order valence-corrected chi connectivity index (χ1v) is 5.26. The topological polar surface area (TPSA) is 29.5 Å². The Morgan fingerprint density at radius 3 is 2.53 bits per heavy atom. The number of morpholine rings is 1. The van der Waals surface area contributed by atoms with Crippen LogP contribution in [0.1, 0.15) is 5.56 Å². The minimum Gasteiger partial charge on any atom is -0.357 e. The highest BCUT2D eigenvalue weighted by atomic mass is 16.6. The van der Waals surface area contributed by atoms with Crippen LogP contribution in [0, 0.1) is 0 Å². The fraction of sp³-hybridized carbons (Fsp3) is 0.500. The van der Waals surface area contributed by atoms with Crippen LogP contribution in [-0.2, 0) is 10.5 Å². The molecular formula is C12H18NO2+. The van der Waals surface area contributed by atoms with Crippen molar-refractivity contribution in [1.29, 1.82) is 0 Å². The summed E-state index contributed by atoms with van der Waals surface area (Å²) in [6, 6.07) is 9.60. The number of hydrogen-bond acceptors (Lipinski definition) is 2. The molecule has 0 spiro atoms. The Bertz CT molecular complexity index is 337. The number of ether oxygens (including phenoxy) is 1. The summed E-state index contributed by atoms with van der Waals surface area (Å²) in [5.41, 5.74) is 0.843. The largest absolute Gasteiger partial charge is 0.357 e. The Morgan fingerprint density at radius 2 is 1.93 bits per heavy atom. The fourth-order valence-corrected chi connectivity index (χ4v) is 2.04. The number of rotatable bonds is 1. The SMILES string of the molecule is C[N+]1(C)CCO[C@@](O)(c2ccccc2)C1. The molecule has 2 rings (SSSR count). The molecule has 82 valence electrons. The first-order chi connectivity index (χ1) is 7.02. The third kappa shape index (κ3) is 2.20. The molecule has 1 fully saturated rings. The predicted molar refractivity (Wildman–Crippen MR) is 58.1 cm³/mol. The molecule has 0 aliphatic carbocycles. The molecule has 3 nitrogen and oxygen atoms in total. The molecule has 1 aliphatic rings. The van der Waals surface area contributed by atoms with Gasteiger partial charge in [0.25, 0.3) is 0 Å². The van der Waals surface area contributed by atoms with Crippen molar-refractivity contribution in [3.8, 4) is 0 Å². The number of likely N-dealkylation sites (N-methyl/N-ethyl adjacent to an activating group) is 1. The molecule has 1 aromatic carbocycles. The van der Waals surface area contributed by atoms with Crippen LogP contribution >= 0.6 is 0 Å². The third-order valence-electron chi connectivity index (χ3n) is 2.90. The quantitative estimate of drug-likeness (QED) is 0.696. The Balaban J connectivity index is 2.27. The van der Waals surface area contributed by atoms with Crippen molar-refractivity contribution in [1.82, 2.24) is 0 Å². The Hall–Kier alpha value is -0.900. The molecule has 1 heterocycles. The molecule has 0 bridgehead atoms. The minimum atomic E-state index is -1.12. The molecule has 1 aliphatic heterocycles. The molecule has 1 aromatic rings. The average Bonchev–Trinajstić information content (AvgIpc) is 2.17. The summed E-state index contributed by atoms with van der Waals surface area (Å²) < 4.78 is 6.31. The van der Waals surface area contributed by atoms with E-state index >= 15 is 0 Å². The second-order valence-electron chi connectivity index (χ2n) is 4.82. The molecule has 0 radical (unpaired) electrons. The van der Waals surface area contributed by atoms with Crippen LogP contribution in [0.4, 0.5) is 0 Å². The van der Waals surface area contributed by atoms with E-state index in [1.54, 1.807) is 0 Å². The van der Waals surface area contributed by atoms with Crippen molar-refractivity contribution in [2.75, 3.05) is 33.8 Å². The van der Waals surface area contributed by atoms with E-state index in [0.29, 0.717) is 13.2 Å². The summed E-state index contributed by atoms with van der Waals surface area (Å²) in [7, 11) is 4.22. The van der Waals surface area contributed by atoms with Crippen LogP contribution in [0.2, 0.25) is 0 Å². The summed E-state index contributed by atoms with van der Waals surface area (Å²) in [5.74, 6) is -1.12. The zero-order valence-electron chi connectivity index (χ0n) is 9.31. The van der Waals surface area contributed by atoms with Gasteiger partial charge in [0.1, 0.15) is 13.1 Å². The first-order valence-electron chi connectivity index (χ1n) is 5.26. The normalized spacial score (nSPS) is 30.1. The summed E-state index contributed by atoms with van der Waals surface area (Å²) >= 11 is 0. The zero-order chi connectivity index (χ0) is 10.9. The van der Waals surface area contributed by atoms with E-state index in [4.69, 9.17) is 4.74 Å². The van der Waals surface area contributed by atoms with E-state index in [9.17, 15) is 5.11 Å². The van der Waals surface area contributed by atoms with Crippen molar-refractivity contribution >= 4 is 0 Å². The summed E-state index contributed by atoms with van der Waals surface area (Å²) in [6.07, 6.45) is 0. The van der Waals surface area contributed by atoms with E-state index < -0.39 is 5.79 Å². The monoisotopic (exact) mass is 208 g/mol. The lowest BCUT2D eigenvalue weighted by molar-refractivity contribution is -0.912. The fourth-order valence-electron chi connectivity index (χ4n) is 2.04. The highest BCUT2D eigenvalue weighted by Crippen LogP contribution is 2.28. The van der Waals surface area contributed by atoms with Gasteiger partial charge >= 0.3 is 0 Å². The van der Waals surface area contributed by atoms with Crippen molar-refractivity contribution in [3.05, 3.63) is 35.9 Å². The van der Waals surface area contributed by atoms with Gasteiger partial charge in [-0.25, -0.2) is 0 Å². The molecule has 1 saturated heterocycles. The lowest BCUT2D eigenvalue weighted by Gasteiger charge is -2.42. The molecule has 0 unspecified atom stereocenters. The van der Waals surface area contributed by atoms with Crippen LogP contribution in [0.15, 0.2) is 30.3 Å². The van der Waals surface area contributed by atoms with E-state index in [0.717, 1.165) is 16.6 Å². The van der Waals surface area contributed by atoms with Gasteiger partial charge < -0.3 is 14.3 Å². The second kappa shape index (κ2) is 3.59. The smallest absolute Gasteiger partial charge is 0.243 e. The number of quaternary nitrogens is 1. The van der Waals surface area contributed by atoms with Crippen LogP contribution in [0.3, 0.4) is 0 Å². The summed E-state index contributed by atoms with van der Waals surface area (Å²) in [5, 5.41) is 10.4. The predicted octanol–water partition coefficient (Wildman–Crippen LogP) is 0.938. The molecule has 15 heavy (non-hydrogen) atoms. The summed E-state index contributed by atoms with van der Waals surface area (Å²) in [4.78, 5) is 0. The van der Waals surface area contributed by atoms with Gasteiger partial charge in [0, 0.05) is 5.56 Å². The van der Waals surface area contributed by atoms with Crippen LogP contribution in [0.5, 0.6) is 0 Å². The molecule has 0 saturated carbocycles. The van der Waals surface area contributed by atoms with Gasteiger partial charge in [-0.15, -0.1) is 0 Å². The van der Waals surface area contributed by atoms with Crippen LogP contribution < -0.4 is 0 Å². The standard InChI is InChI=1S/C12H18NO2/c1-13(2)8-9-15-12(14,10-13)11-6-4-3-5-7-11/h3-7,14H,8-10H2,1-2H3/q+1/t12-/m1/s1. The molecule has 3 heteroatoms. The minimum absolute atomic E-state index is 0.594.